The average Bonchev–Trinajstić information content (AvgIpc) is 2.53. The zero-order valence-electron chi connectivity index (χ0n) is 15.4. The van der Waals surface area contributed by atoms with Crippen molar-refractivity contribution in [3.63, 3.8) is 0 Å². The minimum Gasteiger partial charge on any atom is -0.508 e. The summed E-state index contributed by atoms with van der Waals surface area (Å²) in [5, 5.41) is 16.2. The van der Waals surface area contributed by atoms with Gasteiger partial charge >= 0.3 is 0 Å². The lowest BCUT2D eigenvalue weighted by Gasteiger charge is -2.40. The molecule has 0 radical (unpaired) electrons. The van der Waals surface area contributed by atoms with Gasteiger partial charge in [-0.3, -0.25) is 4.99 Å². The Balaban J connectivity index is 0.00000312. The summed E-state index contributed by atoms with van der Waals surface area (Å²) in [6.45, 7) is 5.40. The van der Waals surface area contributed by atoms with Crippen LogP contribution in [0.2, 0.25) is 0 Å². The van der Waals surface area contributed by atoms with Crippen LogP contribution in [0.15, 0.2) is 29.3 Å². The standard InChI is InChI=1S/C19H31N3O2.HI/c1-3-20-18(21-12-8-16-6-4-7-17(23)14-16)22-15-19(9-5-10-19)11-13-24-2;/h4,6-7,14,23H,3,5,8-13,15H2,1-2H3,(H2,20,21,22);1H. The first-order valence-electron chi connectivity index (χ1n) is 8.96. The molecule has 1 aromatic carbocycles. The highest BCUT2D eigenvalue weighted by molar-refractivity contribution is 14.0. The van der Waals surface area contributed by atoms with E-state index in [1.165, 1.54) is 19.3 Å². The van der Waals surface area contributed by atoms with Gasteiger partial charge in [-0.25, -0.2) is 0 Å². The fourth-order valence-electron chi connectivity index (χ4n) is 3.11. The van der Waals surface area contributed by atoms with Gasteiger partial charge in [0.1, 0.15) is 5.75 Å². The summed E-state index contributed by atoms with van der Waals surface area (Å²) in [6, 6.07) is 7.40. The summed E-state index contributed by atoms with van der Waals surface area (Å²) in [6.07, 6.45) is 5.76. The van der Waals surface area contributed by atoms with Crippen LogP contribution < -0.4 is 10.6 Å². The van der Waals surface area contributed by atoms with Crippen molar-refractivity contribution in [3.05, 3.63) is 29.8 Å². The lowest BCUT2D eigenvalue weighted by atomic mass is 9.67. The topological polar surface area (TPSA) is 65.9 Å². The Kier molecular flexibility index (Phi) is 10.2. The van der Waals surface area contributed by atoms with Crippen molar-refractivity contribution in [2.75, 3.05) is 33.4 Å². The molecule has 1 saturated carbocycles. The van der Waals surface area contributed by atoms with E-state index >= 15 is 0 Å². The van der Waals surface area contributed by atoms with Gasteiger partial charge in [0.25, 0.3) is 0 Å². The SMILES string of the molecule is CCNC(=NCC1(CCOC)CCC1)NCCc1cccc(O)c1.I. The second-order valence-electron chi connectivity index (χ2n) is 6.64. The number of hydrogen-bond donors (Lipinski definition) is 3. The van der Waals surface area contributed by atoms with Gasteiger partial charge in [-0.15, -0.1) is 24.0 Å². The monoisotopic (exact) mass is 461 g/mol. The number of methoxy groups -OCH3 is 1. The molecule has 5 nitrogen and oxygen atoms in total. The number of benzene rings is 1. The molecule has 0 unspecified atom stereocenters. The first kappa shape index (κ1) is 22.0. The molecular formula is C19H32IN3O2. The molecular weight excluding hydrogens is 429 g/mol. The molecule has 6 heteroatoms. The third-order valence-corrected chi connectivity index (χ3v) is 4.78. The summed E-state index contributed by atoms with van der Waals surface area (Å²) in [7, 11) is 1.77. The minimum atomic E-state index is 0. The molecule has 1 aliphatic rings. The van der Waals surface area contributed by atoms with Crippen LogP contribution in [0.25, 0.3) is 0 Å². The van der Waals surface area contributed by atoms with Crippen molar-refractivity contribution >= 4 is 29.9 Å². The molecule has 0 saturated heterocycles. The summed E-state index contributed by atoms with van der Waals surface area (Å²) >= 11 is 0. The zero-order valence-corrected chi connectivity index (χ0v) is 17.7. The zero-order chi connectivity index (χ0) is 17.3. The third-order valence-electron chi connectivity index (χ3n) is 4.78. The molecule has 1 fully saturated rings. The second kappa shape index (κ2) is 11.6. The Morgan fingerprint density at radius 1 is 1.32 bits per heavy atom. The van der Waals surface area contributed by atoms with Crippen LogP contribution in [0.5, 0.6) is 5.75 Å². The molecule has 1 aliphatic carbocycles. The number of nitrogens with one attached hydrogen (secondary N) is 2. The summed E-state index contributed by atoms with van der Waals surface area (Å²) < 4.78 is 5.25. The van der Waals surface area contributed by atoms with E-state index in [1.54, 1.807) is 19.2 Å². The van der Waals surface area contributed by atoms with Gasteiger partial charge in [0.05, 0.1) is 0 Å². The van der Waals surface area contributed by atoms with Gasteiger partial charge in [-0.05, 0) is 55.7 Å². The molecule has 0 bridgehead atoms. The van der Waals surface area contributed by atoms with E-state index in [1.807, 2.05) is 12.1 Å². The first-order chi connectivity index (χ1) is 11.7. The first-order valence-corrected chi connectivity index (χ1v) is 8.96. The van der Waals surface area contributed by atoms with Crippen molar-refractivity contribution < 1.29 is 9.84 Å². The smallest absolute Gasteiger partial charge is 0.191 e. The molecule has 0 atom stereocenters. The number of phenolic OH excluding ortho intramolecular Hbond substituents is 1. The van der Waals surface area contributed by atoms with Crippen LogP contribution in [0.4, 0.5) is 0 Å². The van der Waals surface area contributed by atoms with E-state index < -0.39 is 0 Å². The maximum absolute atomic E-state index is 9.52. The summed E-state index contributed by atoms with van der Waals surface area (Å²) in [4.78, 5) is 4.80. The van der Waals surface area contributed by atoms with E-state index in [0.29, 0.717) is 11.2 Å². The summed E-state index contributed by atoms with van der Waals surface area (Å²) in [5.74, 6) is 1.19. The molecule has 0 aliphatic heterocycles. The lowest BCUT2D eigenvalue weighted by Crippen LogP contribution is -2.41. The molecule has 3 N–H and O–H groups in total. The largest absolute Gasteiger partial charge is 0.508 e. The van der Waals surface area contributed by atoms with Crippen molar-refractivity contribution in [1.29, 1.82) is 0 Å². The highest BCUT2D eigenvalue weighted by Gasteiger charge is 2.36. The Morgan fingerprint density at radius 2 is 2.12 bits per heavy atom. The van der Waals surface area contributed by atoms with Gasteiger partial charge < -0.3 is 20.5 Å². The molecule has 0 heterocycles. The van der Waals surface area contributed by atoms with E-state index in [4.69, 9.17) is 9.73 Å². The van der Waals surface area contributed by atoms with E-state index in [9.17, 15) is 5.11 Å². The van der Waals surface area contributed by atoms with Crippen molar-refractivity contribution in [2.45, 2.75) is 39.0 Å². The molecule has 0 aromatic heterocycles. The maximum Gasteiger partial charge on any atom is 0.191 e. The van der Waals surface area contributed by atoms with Crippen molar-refractivity contribution in [2.24, 2.45) is 10.4 Å². The normalized spacial score (nSPS) is 15.8. The minimum absolute atomic E-state index is 0. The van der Waals surface area contributed by atoms with E-state index in [0.717, 1.165) is 50.6 Å². The number of guanidine groups is 1. The van der Waals surface area contributed by atoms with Gasteiger partial charge in [0.2, 0.25) is 0 Å². The van der Waals surface area contributed by atoms with Gasteiger partial charge in [0, 0.05) is 33.4 Å². The number of ether oxygens (including phenoxy) is 1. The van der Waals surface area contributed by atoms with Crippen LogP contribution in [0.1, 0.15) is 38.2 Å². The number of nitrogens with zero attached hydrogens (tertiary/aromatic N) is 1. The summed E-state index contributed by atoms with van der Waals surface area (Å²) in [5.41, 5.74) is 1.46. The van der Waals surface area contributed by atoms with Crippen LogP contribution >= 0.6 is 24.0 Å². The van der Waals surface area contributed by atoms with E-state index in [2.05, 4.69) is 17.6 Å². The lowest BCUT2D eigenvalue weighted by molar-refractivity contribution is 0.0778. The molecule has 2 rings (SSSR count). The average molecular weight is 461 g/mol. The highest BCUT2D eigenvalue weighted by Crippen LogP contribution is 2.44. The highest BCUT2D eigenvalue weighted by atomic mass is 127. The van der Waals surface area contributed by atoms with Crippen molar-refractivity contribution in [1.82, 2.24) is 10.6 Å². The molecule has 142 valence electrons. The third kappa shape index (κ3) is 7.40. The van der Waals surface area contributed by atoms with Crippen LogP contribution in [-0.2, 0) is 11.2 Å². The van der Waals surface area contributed by atoms with E-state index in [-0.39, 0.29) is 24.0 Å². The Hall–Kier alpha value is -1.02. The molecule has 0 spiro atoms. The Bertz CT molecular complexity index is 533. The van der Waals surface area contributed by atoms with Gasteiger partial charge in [-0.2, -0.15) is 0 Å². The predicted octanol–water partition coefficient (Wildman–Crippen LogP) is 3.31. The number of aromatic hydroxyl groups is 1. The fourth-order valence-corrected chi connectivity index (χ4v) is 3.11. The van der Waals surface area contributed by atoms with Crippen LogP contribution in [0.3, 0.4) is 0 Å². The molecule has 1 aromatic rings. The number of phenols is 1. The predicted molar refractivity (Wildman–Crippen MR) is 114 cm³/mol. The maximum atomic E-state index is 9.52. The Morgan fingerprint density at radius 3 is 2.72 bits per heavy atom. The van der Waals surface area contributed by atoms with Gasteiger partial charge in [-0.1, -0.05) is 18.6 Å². The molecule has 25 heavy (non-hydrogen) atoms. The van der Waals surface area contributed by atoms with Crippen molar-refractivity contribution in [3.8, 4) is 5.75 Å². The number of halogens is 1. The number of rotatable bonds is 9. The van der Waals surface area contributed by atoms with Gasteiger partial charge in [0.15, 0.2) is 5.96 Å². The number of aliphatic imine (C=N–C) groups is 1. The number of hydrogen-bond acceptors (Lipinski definition) is 3. The van der Waals surface area contributed by atoms with Crippen LogP contribution in [0, 0.1) is 5.41 Å². The molecule has 0 amide bonds. The van der Waals surface area contributed by atoms with Crippen LogP contribution in [-0.4, -0.2) is 44.4 Å². The Labute approximate surface area is 168 Å². The second-order valence-corrected chi connectivity index (χ2v) is 6.64. The quantitative estimate of drug-likeness (QED) is 0.300. The fraction of sp³-hybridized carbons (Fsp3) is 0.632.